The SMILES string of the molecule is CCC(C)(C)C1CCC(C#N)C(N2CCNC(=O)C2C)C1. The standard InChI is InChI=1S/C17H29N3O/c1-5-17(3,4)14-7-6-13(11-18)15(10-14)20-9-8-19-16(21)12(20)2/h12-15H,5-10H2,1-4H3,(H,19,21). The average Bonchev–Trinajstić information content (AvgIpc) is 2.49. The van der Waals surface area contributed by atoms with Crippen LogP contribution in [0.5, 0.6) is 0 Å². The molecule has 118 valence electrons. The van der Waals surface area contributed by atoms with Gasteiger partial charge in [0.05, 0.1) is 18.0 Å². The van der Waals surface area contributed by atoms with Crippen molar-refractivity contribution in [1.29, 1.82) is 5.26 Å². The number of nitrogens with one attached hydrogen (secondary N) is 1. The lowest BCUT2D eigenvalue weighted by Gasteiger charge is -2.47. The highest BCUT2D eigenvalue weighted by molar-refractivity contribution is 5.82. The Balaban J connectivity index is 2.17. The highest BCUT2D eigenvalue weighted by Crippen LogP contribution is 2.43. The van der Waals surface area contributed by atoms with Gasteiger partial charge < -0.3 is 5.32 Å². The van der Waals surface area contributed by atoms with Crippen LogP contribution in [0.3, 0.4) is 0 Å². The third-order valence-electron chi connectivity index (χ3n) is 5.97. The highest BCUT2D eigenvalue weighted by atomic mass is 16.2. The number of amides is 1. The summed E-state index contributed by atoms with van der Waals surface area (Å²) in [6.45, 7) is 10.5. The van der Waals surface area contributed by atoms with Gasteiger partial charge in [-0.15, -0.1) is 0 Å². The van der Waals surface area contributed by atoms with Gasteiger partial charge in [0.15, 0.2) is 0 Å². The third kappa shape index (κ3) is 3.23. The maximum Gasteiger partial charge on any atom is 0.237 e. The van der Waals surface area contributed by atoms with E-state index in [0.29, 0.717) is 17.9 Å². The molecular weight excluding hydrogens is 262 g/mol. The first-order chi connectivity index (χ1) is 9.90. The fourth-order valence-corrected chi connectivity index (χ4v) is 3.92. The predicted octanol–water partition coefficient (Wildman–Crippen LogP) is 2.55. The molecule has 4 atom stereocenters. The van der Waals surface area contributed by atoms with Crippen LogP contribution in [0.25, 0.3) is 0 Å². The molecule has 2 fully saturated rings. The molecular formula is C17H29N3O. The van der Waals surface area contributed by atoms with Crippen LogP contribution in [-0.2, 0) is 4.79 Å². The number of carbonyl (C=O) groups excluding carboxylic acids is 1. The monoisotopic (exact) mass is 291 g/mol. The van der Waals surface area contributed by atoms with Gasteiger partial charge >= 0.3 is 0 Å². The van der Waals surface area contributed by atoms with Crippen LogP contribution in [0.4, 0.5) is 0 Å². The molecule has 1 aliphatic heterocycles. The molecule has 4 nitrogen and oxygen atoms in total. The van der Waals surface area contributed by atoms with Crippen molar-refractivity contribution in [3.63, 3.8) is 0 Å². The number of hydrogen-bond acceptors (Lipinski definition) is 3. The molecule has 0 radical (unpaired) electrons. The summed E-state index contributed by atoms with van der Waals surface area (Å²) in [7, 11) is 0. The van der Waals surface area contributed by atoms with E-state index in [1.807, 2.05) is 6.92 Å². The molecule has 0 aromatic heterocycles. The summed E-state index contributed by atoms with van der Waals surface area (Å²) in [6, 6.07) is 2.63. The predicted molar refractivity (Wildman–Crippen MR) is 83.5 cm³/mol. The van der Waals surface area contributed by atoms with Gasteiger partial charge in [0.2, 0.25) is 5.91 Å². The van der Waals surface area contributed by atoms with E-state index in [0.717, 1.165) is 32.2 Å². The second kappa shape index (κ2) is 6.36. The zero-order valence-corrected chi connectivity index (χ0v) is 13.9. The summed E-state index contributed by atoms with van der Waals surface area (Å²) in [5.74, 6) is 0.825. The first-order valence-corrected chi connectivity index (χ1v) is 8.33. The van der Waals surface area contributed by atoms with E-state index in [9.17, 15) is 10.1 Å². The molecule has 0 spiro atoms. The Morgan fingerprint density at radius 1 is 1.43 bits per heavy atom. The maximum atomic E-state index is 11.9. The van der Waals surface area contributed by atoms with Crippen molar-refractivity contribution in [1.82, 2.24) is 10.2 Å². The zero-order valence-electron chi connectivity index (χ0n) is 13.9. The number of nitriles is 1. The summed E-state index contributed by atoms with van der Waals surface area (Å²) < 4.78 is 0. The molecule has 1 N–H and O–H groups in total. The smallest absolute Gasteiger partial charge is 0.237 e. The van der Waals surface area contributed by atoms with Crippen LogP contribution in [-0.4, -0.2) is 36.0 Å². The molecule has 1 heterocycles. The van der Waals surface area contributed by atoms with E-state index < -0.39 is 0 Å². The van der Waals surface area contributed by atoms with Gasteiger partial charge in [-0.05, 0) is 37.5 Å². The fraction of sp³-hybridized carbons (Fsp3) is 0.882. The molecule has 1 saturated carbocycles. The lowest BCUT2D eigenvalue weighted by atomic mass is 9.65. The second-order valence-corrected chi connectivity index (χ2v) is 7.36. The first kappa shape index (κ1) is 16.3. The minimum absolute atomic E-state index is 0.0715. The van der Waals surface area contributed by atoms with Gasteiger partial charge in [0, 0.05) is 19.1 Å². The van der Waals surface area contributed by atoms with Crippen molar-refractivity contribution < 1.29 is 4.79 Å². The molecule has 4 unspecified atom stereocenters. The summed E-state index contributed by atoms with van der Waals surface area (Å²) in [5, 5.41) is 12.4. The Labute approximate surface area is 128 Å². The summed E-state index contributed by atoms with van der Waals surface area (Å²) in [5.41, 5.74) is 0.319. The highest BCUT2D eigenvalue weighted by Gasteiger charge is 2.42. The van der Waals surface area contributed by atoms with E-state index in [1.165, 1.54) is 0 Å². The van der Waals surface area contributed by atoms with Crippen molar-refractivity contribution in [2.45, 2.75) is 65.5 Å². The number of rotatable bonds is 3. The van der Waals surface area contributed by atoms with E-state index in [4.69, 9.17) is 0 Å². The van der Waals surface area contributed by atoms with Gasteiger partial charge in [0.25, 0.3) is 0 Å². The fourth-order valence-electron chi connectivity index (χ4n) is 3.92. The van der Waals surface area contributed by atoms with Crippen LogP contribution in [0.1, 0.15) is 53.4 Å². The molecule has 21 heavy (non-hydrogen) atoms. The van der Waals surface area contributed by atoms with Gasteiger partial charge in [0.1, 0.15) is 0 Å². The Kier molecular flexibility index (Phi) is 4.93. The molecule has 2 rings (SSSR count). The minimum atomic E-state index is -0.108. The van der Waals surface area contributed by atoms with Crippen LogP contribution < -0.4 is 5.32 Å². The van der Waals surface area contributed by atoms with Gasteiger partial charge in [-0.25, -0.2) is 0 Å². The third-order valence-corrected chi connectivity index (χ3v) is 5.97. The molecule has 0 aromatic rings. The van der Waals surface area contributed by atoms with Crippen LogP contribution in [0.2, 0.25) is 0 Å². The van der Waals surface area contributed by atoms with Crippen LogP contribution in [0.15, 0.2) is 0 Å². The summed E-state index contributed by atoms with van der Waals surface area (Å²) in [6.07, 6.45) is 4.33. The topological polar surface area (TPSA) is 56.1 Å². The van der Waals surface area contributed by atoms with Gasteiger partial charge in [-0.2, -0.15) is 5.26 Å². The zero-order chi connectivity index (χ0) is 15.6. The first-order valence-electron chi connectivity index (χ1n) is 8.33. The van der Waals surface area contributed by atoms with Crippen molar-refractivity contribution in [2.24, 2.45) is 17.3 Å². The molecule has 1 amide bonds. The van der Waals surface area contributed by atoms with Crippen LogP contribution >= 0.6 is 0 Å². The normalized spacial score (nSPS) is 35.1. The number of nitrogens with zero attached hydrogens (tertiary/aromatic N) is 2. The lowest BCUT2D eigenvalue weighted by Crippen LogP contribution is -2.60. The molecule has 4 heteroatoms. The molecule has 1 saturated heterocycles. The number of hydrogen-bond donors (Lipinski definition) is 1. The largest absolute Gasteiger partial charge is 0.353 e. The molecule has 2 aliphatic rings. The van der Waals surface area contributed by atoms with E-state index in [2.05, 4.69) is 37.1 Å². The Hall–Kier alpha value is -1.08. The number of piperazine rings is 1. The lowest BCUT2D eigenvalue weighted by molar-refractivity contribution is -0.130. The second-order valence-electron chi connectivity index (χ2n) is 7.36. The average molecular weight is 291 g/mol. The van der Waals surface area contributed by atoms with E-state index in [1.54, 1.807) is 0 Å². The van der Waals surface area contributed by atoms with E-state index >= 15 is 0 Å². The van der Waals surface area contributed by atoms with E-state index in [-0.39, 0.29) is 23.9 Å². The minimum Gasteiger partial charge on any atom is -0.353 e. The van der Waals surface area contributed by atoms with Crippen LogP contribution in [0, 0.1) is 28.6 Å². The molecule has 1 aliphatic carbocycles. The van der Waals surface area contributed by atoms with Crippen molar-refractivity contribution in [2.75, 3.05) is 13.1 Å². The maximum absolute atomic E-state index is 11.9. The van der Waals surface area contributed by atoms with Crippen molar-refractivity contribution >= 4 is 5.91 Å². The quantitative estimate of drug-likeness (QED) is 0.869. The van der Waals surface area contributed by atoms with Crippen molar-refractivity contribution in [3.8, 4) is 6.07 Å². The number of carbonyl (C=O) groups is 1. The van der Waals surface area contributed by atoms with Gasteiger partial charge in [-0.1, -0.05) is 27.2 Å². The van der Waals surface area contributed by atoms with Crippen molar-refractivity contribution in [3.05, 3.63) is 0 Å². The van der Waals surface area contributed by atoms with Gasteiger partial charge in [-0.3, -0.25) is 9.69 Å². The Morgan fingerprint density at radius 2 is 2.14 bits per heavy atom. The molecule has 0 bridgehead atoms. The summed E-state index contributed by atoms with van der Waals surface area (Å²) in [4.78, 5) is 14.2. The molecule has 0 aromatic carbocycles. The Morgan fingerprint density at radius 3 is 2.76 bits per heavy atom. The summed E-state index contributed by atoms with van der Waals surface area (Å²) >= 11 is 0. The Bertz CT molecular complexity index is 426.